The third-order valence-electron chi connectivity index (χ3n) is 4.02. The zero-order valence-corrected chi connectivity index (χ0v) is 16.7. The smallest absolute Gasteiger partial charge is 0.209 e. The molecule has 0 amide bonds. The van der Waals surface area contributed by atoms with E-state index in [1.807, 2.05) is 28.9 Å². The van der Waals surface area contributed by atoms with E-state index < -0.39 is 0 Å². The standard InChI is InChI=1S/C19H22N4OS2/c1-14-6-4-5-7-15(14)12-22(2)13-23-19(25)26-18(21-23)20-16-8-10-17(24-3)11-9-16/h4-11H,12-13H2,1-3H3,(H,20,21). The van der Waals surface area contributed by atoms with Crippen molar-refractivity contribution >= 4 is 34.4 Å². The minimum absolute atomic E-state index is 0.647. The quantitative estimate of drug-likeness (QED) is 0.590. The lowest BCUT2D eigenvalue weighted by Crippen LogP contribution is -2.22. The van der Waals surface area contributed by atoms with Crippen LogP contribution < -0.4 is 10.1 Å². The molecule has 136 valence electrons. The summed E-state index contributed by atoms with van der Waals surface area (Å²) in [5.41, 5.74) is 3.56. The van der Waals surface area contributed by atoms with E-state index in [2.05, 4.69) is 53.6 Å². The number of benzene rings is 2. The third-order valence-corrected chi connectivity index (χ3v) is 5.25. The van der Waals surface area contributed by atoms with E-state index >= 15 is 0 Å². The van der Waals surface area contributed by atoms with Gasteiger partial charge < -0.3 is 10.1 Å². The molecule has 0 atom stereocenters. The Morgan fingerprint density at radius 2 is 1.92 bits per heavy atom. The van der Waals surface area contributed by atoms with Gasteiger partial charge in [0.1, 0.15) is 5.75 Å². The highest BCUT2D eigenvalue weighted by Crippen LogP contribution is 2.22. The Morgan fingerprint density at radius 3 is 2.62 bits per heavy atom. The molecule has 0 fully saturated rings. The molecule has 5 nitrogen and oxygen atoms in total. The Balaban J connectivity index is 1.65. The normalized spacial score (nSPS) is 10.9. The Morgan fingerprint density at radius 1 is 1.19 bits per heavy atom. The topological polar surface area (TPSA) is 42.3 Å². The van der Waals surface area contributed by atoms with Crippen molar-refractivity contribution in [3.8, 4) is 5.75 Å². The maximum absolute atomic E-state index is 5.47. The van der Waals surface area contributed by atoms with Crippen molar-refractivity contribution in [1.82, 2.24) is 14.7 Å². The van der Waals surface area contributed by atoms with E-state index in [0.29, 0.717) is 6.67 Å². The number of methoxy groups -OCH3 is 1. The van der Waals surface area contributed by atoms with Gasteiger partial charge in [-0.2, -0.15) is 0 Å². The van der Waals surface area contributed by atoms with E-state index in [0.717, 1.165) is 27.1 Å². The van der Waals surface area contributed by atoms with Crippen molar-refractivity contribution in [3.05, 3.63) is 63.6 Å². The maximum Gasteiger partial charge on any atom is 0.209 e. The average Bonchev–Trinajstić information content (AvgIpc) is 2.96. The Bertz CT molecular complexity index is 918. The van der Waals surface area contributed by atoms with Crippen LogP contribution in [0.2, 0.25) is 0 Å². The first-order valence-electron chi connectivity index (χ1n) is 8.27. The summed E-state index contributed by atoms with van der Waals surface area (Å²) in [5.74, 6) is 0.826. The molecule has 1 aromatic heterocycles. The highest BCUT2D eigenvalue weighted by Gasteiger charge is 2.08. The highest BCUT2D eigenvalue weighted by molar-refractivity contribution is 7.73. The molecule has 1 N–H and O–H groups in total. The first kappa shape index (κ1) is 18.6. The molecular weight excluding hydrogens is 364 g/mol. The largest absolute Gasteiger partial charge is 0.497 e. The number of nitrogens with zero attached hydrogens (tertiary/aromatic N) is 3. The van der Waals surface area contributed by atoms with Crippen LogP contribution in [-0.4, -0.2) is 28.8 Å². The molecule has 0 radical (unpaired) electrons. The minimum atomic E-state index is 0.647. The van der Waals surface area contributed by atoms with Crippen molar-refractivity contribution in [1.29, 1.82) is 0 Å². The Labute approximate surface area is 162 Å². The molecule has 26 heavy (non-hydrogen) atoms. The van der Waals surface area contributed by atoms with Crippen LogP contribution in [0, 0.1) is 10.9 Å². The summed E-state index contributed by atoms with van der Waals surface area (Å²) < 4.78 is 7.78. The molecule has 1 heterocycles. The third kappa shape index (κ3) is 4.69. The predicted octanol–water partition coefficient (Wildman–Crippen LogP) is 4.82. The summed E-state index contributed by atoms with van der Waals surface area (Å²) in [7, 11) is 3.73. The second kappa shape index (κ2) is 8.44. The van der Waals surface area contributed by atoms with Gasteiger partial charge in [0, 0.05) is 12.2 Å². The van der Waals surface area contributed by atoms with Crippen molar-refractivity contribution in [3.63, 3.8) is 0 Å². The number of hydrogen-bond acceptors (Lipinski definition) is 6. The molecule has 0 aliphatic carbocycles. The lowest BCUT2D eigenvalue weighted by molar-refractivity contribution is 0.245. The zero-order valence-electron chi connectivity index (χ0n) is 15.1. The fourth-order valence-corrected chi connectivity index (χ4v) is 3.61. The molecule has 0 saturated heterocycles. The van der Waals surface area contributed by atoms with Gasteiger partial charge in [-0.1, -0.05) is 35.6 Å². The van der Waals surface area contributed by atoms with Crippen molar-refractivity contribution < 1.29 is 4.74 Å². The van der Waals surface area contributed by atoms with Gasteiger partial charge in [-0.3, -0.25) is 4.90 Å². The van der Waals surface area contributed by atoms with Crippen LogP contribution in [0.4, 0.5) is 10.8 Å². The molecule has 0 aliphatic rings. The number of ether oxygens (including phenoxy) is 1. The van der Waals surface area contributed by atoms with Gasteiger partial charge in [-0.25, -0.2) is 4.68 Å². The monoisotopic (exact) mass is 386 g/mol. The van der Waals surface area contributed by atoms with Gasteiger partial charge >= 0.3 is 0 Å². The molecule has 0 unspecified atom stereocenters. The van der Waals surface area contributed by atoms with Crippen LogP contribution in [-0.2, 0) is 13.2 Å². The van der Waals surface area contributed by atoms with Gasteiger partial charge in [0.25, 0.3) is 0 Å². The van der Waals surface area contributed by atoms with Gasteiger partial charge in [0.05, 0.1) is 13.8 Å². The number of anilines is 2. The number of aromatic nitrogens is 2. The highest BCUT2D eigenvalue weighted by atomic mass is 32.1. The van der Waals surface area contributed by atoms with Gasteiger partial charge in [0.15, 0.2) is 3.95 Å². The first-order valence-corrected chi connectivity index (χ1v) is 9.49. The Kier molecular flexibility index (Phi) is 6.03. The molecule has 0 spiro atoms. The molecule has 0 saturated carbocycles. The number of nitrogens with one attached hydrogen (secondary N) is 1. The molecular formula is C19H22N4OS2. The summed E-state index contributed by atoms with van der Waals surface area (Å²) in [4.78, 5) is 2.20. The van der Waals surface area contributed by atoms with Crippen LogP contribution in [0.5, 0.6) is 5.75 Å². The van der Waals surface area contributed by atoms with Crippen LogP contribution >= 0.6 is 23.6 Å². The van der Waals surface area contributed by atoms with Crippen LogP contribution in [0.1, 0.15) is 11.1 Å². The number of hydrogen-bond donors (Lipinski definition) is 1. The Hall–Kier alpha value is -2.22. The molecule has 3 aromatic rings. The summed E-state index contributed by atoms with van der Waals surface area (Å²) in [6.07, 6.45) is 0. The number of aryl methyl sites for hydroxylation is 1. The van der Waals surface area contributed by atoms with Crippen molar-refractivity contribution in [2.75, 3.05) is 19.5 Å². The minimum Gasteiger partial charge on any atom is -0.497 e. The summed E-state index contributed by atoms with van der Waals surface area (Å²) in [6, 6.07) is 16.2. The number of rotatable bonds is 7. The molecule has 7 heteroatoms. The van der Waals surface area contributed by atoms with E-state index in [9.17, 15) is 0 Å². The maximum atomic E-state index is 5.47. The van der Waals surface area contributed by atoms with E-state index in [-0.39, 0.29) is 0 Å². The average molecular weight is 387 g/mol. The first-order chi connectivity index (χ1) is 12.5. The van der Waals surface area contributed by atoms with Crippen LogP contribution in [0.25, 0.3) is 0 Å². The van der Waals surface area contributed by atoms with Gasteiger partial charge in [-0.05, 0) is 61.6 Å². The van der Waals surface area contributed by atoms with Crippen LogP contribution in [0.3, 0.4) is 0 Å². The van der Waals surface area contributed by atoms with E-state index in [1.54, 1.807) is 7.11 Å². The summed E-state index contributed by atoms with van der Waals surface area (Å²) in [6.45, 7) is 3.63. The second-order valence-corrected chi connectivity index (χ2v) is 7.73. The molecule has 3 rings (SSSR count). The summed E-state index contributed by atoms with van der Waals surface area (Å²) >= 11 is 6.94. The summed E-state index contributed by atoms with van der Waals surface area (Å²) in [5, 5.41) is 8.67. The lowest BCUT2D eigenvalue weighted by Gasteiger charge is -2.17. The second-order valence-electron chi connectivity index (χ2n) is 6.11. The molecule has 0 bridgehead atoms. The van der Waals surface area contributed by atoms with Gasteiger partial charge in [-0.15, -0.1) is 5.10 Å². The SMILES string of the molecule is COc1ccc(Nc2nn(CN(C)Cc3ccccc3C)c(=S)s2)cc1. The fraction of sp³-hybridized carbons (Fsp3) is 0.263. The zero-order chi connectivity index (χ0) is 18.5. The van der Waals surface area contributed by atoms with Gasteiger partial charge in [0.2, 0.25) is 5.13 Å². The van der Waals surface area contributed by atoms with Crippen molar-refractivity contribution in [2.24, 2.45) is 0 Å². The van der Waals surface area contributed by atoms with Crippen molar-refractivity contribution in [2.45, 2.75) is 20.1 Å². The predicted molar refractivity (Wildman–Crippen MR) is 110 cm³/mol. The van der Waals surface area contributed by atoms with E-state index in [1.165, 1.54) is 22.5 Å². The van der Waals surface area contributed by atoms with E-state index in [4.69, 9.17) is 17.0 Å². The van der Waals surface area contributed by atoms with Crippen LogP contribution in [0.15, 0.2) is 48.5 Å². The molecule has 0 aliphatic heterocycles. The fourth-order valence-electron chi connectivity index (χ4n) is 2.60. The molecule has 2 aromatic carbocycles. The lowest BCUT2D eigenvalue weighted by atomic mass is 10.1.